The predicted molar refractivity (Wildman–Crippen MR) is 57.9 cm³/mol. The van der Waals surface area contributed by atoms with E-state index in [9.17, 15) is 12.8 Å². The summed E-state index contributed by atoms with van der Waals surface area (Å²) in [6.45, 7) is 0.385. The van der Waals surface area contributed by atoms with Crippen LogP contribution in [0.2, 0.25) is 0 Å². The molecule has 0 heterocycles. The Morgan fingerprint density at radius 3 is 2.75 bits per heavy atom. The number of ether oxygens (including phenoxy) is 1. The van der Waals surface area contributed by atoms with Crippen LogP contribution in [0.3, 0.4) is 0 Å². The van der Waals surface area contributed by atoms with Crippen LogP contribution < -0.4 is 10.5 Å². The number of rotatable bonds is 5. The van der Waals surface area contributed by atoms with Gasteiger partial charge < -0.3 is 10.5 Å². The highest BCUT2D eigenvalue weighted by Crippen LogP contribution is 2.18. The summed E-state index contributed by atoms with van der Waals surface area (Å²) >= 11 is 0. The van der Waals surface area contributed by atoms with Crippen molar-refractivity contribution in [2.45, 2.75) is 4.90 Å². The Balaban J connectivity index is 2.90. The van der Waals surface area contributed by atoms with Crippen LogP contribution in [0.25, 0.3) is 0 Å². The van der Waals surface area contributed by atoms with Crippen molar-refractivity contribution in [1.82, 2.24) is 4.72 Å². The second-order valence-corrected chi connectivity index (χ2v) is 4.81. The average molecular weight is 248 g/mol. The topological polar surface area (TPSA) is 81.4 Å². The number of methoxy groups -OCH3 is 1. The van der Waals surface area contributed by atoms with Crippen LogP contribution in [0.5, 0.6) is 0 Å². The number of anilines is 1. The molecule has 1 rings (SSSR count). The molecule has 0 aliphatic carbocycles. The van der Waals surface area contributed by atoms with Crippen molar-refractivity contribution in [1.29, 1.82) is 0 Å². The summed E-state index contributed by atoms with van der Waals surface area (Å²) < 4.78 is 43.1. The molecule has 0 saturated heterocycles. The van der Waals surface area contributed by atoms with E-state index in [1.165, 1.54) is 7.11 Å². The summed E-state index contributed by atoms with van der Waals surface area (Å²) in [6.07, 6.45) is 0. The van der Waals surface area contributed by atoms with Gasteiger partial charge >= 0.3 is 0 Å². The van der Waals surface area contributed by atoms with Crippen molar-refractivity contribution in [2.75, 3.05) is 26.0 Å². The summed E-state index contributed by atoms with van der Waals surface area (Å²) in [5, 5.41) is 0. The highest BCUT2D eigenvalue weighted by molar-refractivity contribution is 7.89. The first kappa shape index (κ1) is 12.9. The van der Waals surface area contributed by atoms with E-state index in [-0.39, 0.29) is 23.7 Å². The van der Waals surface area contributed by atoms with Crippen LogP contribution in [-0.4, -0.2) is 28.7 Å². The number of benzene rings is 1. The Morgan fingerprint density at radius 1 is 1.50 bits per heavy atom. The molecule has 0 aromatic heterocycles. The Labute approximate surface area is 93.5 Å². The second kappa shape index (κ2) is 5.24. The predicted octanol–water partition coefficient (Wildman–Crippen LogP) is 0.333. The molecule has 1 aromatic rings. The normalized spacial score (nSPS) is 11.6. The fraction of sp³-hybridized carbons (Fsp3) is 0.333. The summed E-state index contributed by atoms with van der Waals surface area (Å²) in [6, 6.07) is 3.13. The molecule has 90 valence electrons. The van der Waals surface area contributed by atoms with Gasteiger partial charge in [0.1, 0.15) is 10.7 Å². The van der Waals surface area contributed by atoms with E-state index < -0.39 is 15.8 Å². The van der Waals surface area contributed by atoms with E-state index in [0.717, 1.165) is 18.2 Å². The molecule has 3 N–H and O–H groups in total. The average Bonchev–Trinajstić information content (AvgIpc) is 2.17. The highest BCUT2D eigenvalue weighted by atomic mass is 32.2. The van der Waals surface area contributed by atoms with Gasteiger partial charge in [-0.2, -0.15) is 0 Å². The number of hydrogen-bond donors (Lipinski definition) is 2. The standard InChI is InChI=1S/C9H13FN2O3S/c1-15-5-4-12-16(13,14)9-3-2-7(10)6-8(9)11/h2-3,6,12H,4-5,11H2,1H3. The van der Waals surface area contributed by atoms with Gasteiger partial charge in [0.2, 0.25) is 10.0 Å². The molecule has 0 spiro atoms. The van der Waals surface area contributed by atoms with Crippen LogP contribution in [0, 0.1) is 5.82 Å². The first-order chi connectivity index (χ1) is 7.47. The van der Waals surface area contributed by atoms with Crippen molar-refractivity contribution in [3.05, 3.63) is 24.0 Å². The van der Waals surface area contributed by atoms with Gasteiger partial charge in [0.05, 0.1) is 12.3 Å². The first-order valence-electron chi connectivity index (χ1n) is 4.51. The Hall–Kier alpha value is -1.18. The molecule has 0 saturated carbocycles. The third kappa shape index (κ3) is 3.16. The number of halogens is 1. The molecule has 0 amide bonds. The number of sulfonamides is 1. The van der Waals surface area contributed by atoms with Gasteiger partial charge in [-0.3, -0.25) is 0 Å². The Bertz CT molecular complexity index is 462. The summed E-state index contributed by atoms with van der Waals surface area (Å²) in [7, 11) is -2.24. The van der Waals surface area contributed by atoms with E-state index in [4.69, 9.17) is 10.5 Å². The Morgan fingerprint density at radius 2 is 2.19 bits per heavy atom. The zero-order chi connectivity index (χ0) is 12.2. The minimum absolute atomic E-state index is 0.120. The van der Waals surface area contributed by atoms with Gasteiger partial charge in [0.25, 0.3) is 0 Å². The summed E-state index contributed by atoms with van der Waals surface area (Å²) in [5.41, 5.74) is 5.30. The van der Waals surface area contributed by atoms with Crippen molar-refractivity contribution >= 4 is 15.7 Å². The van der Waals surface area contributed by atoms with Crippen molar-refractivity contribution < 1.29 is 17.5 Å². The van der Waals surface area contributed by atoms with Gasteiger partial charge in [-0.05, 0) is 18.2 Å². The van der Waals surface area contributed by atoms with Crippen LogP contribution in [-0.2, 0) is 14.8 Å². The third-order valence-electron chi connectivity index (χ3n) is 1.86. The van der Waals surface area contributed by atoms with Gasteiger partial charge in [0, 0.05) is 13.7 Å². The molecule has 7 heteroatoms. The number of hydrogen-bond acceptors (Lipinski definition) is 4. The lowest BCUT2D eigenvalue weighted by Crippen LogP contribution is -2.27. The molecular weight excluding hydrogens is 235 g/mol. The molecule has 0 radical (unpaired) electrons. The molecule has 0 atom stereocenters. The molecule has 0 aliphatic rings. The summed E-state index contributed by atoms with van der Waals surface area (Å²) in [5.74, 6) is -0.576. The molecule has 0 fully saturated rings. The lowest BCUT2D eigenvalue weighted by molar-refractivity contribution is 0.204. The lowest BCUT2D eigenvalue weighted by Gasteiger charge is -2.08. The quantitative estimate of drug-likeness (QED) is 0.581. The molecule has 16 heavy (non-hydrogen) atoms. The van der Waals surface area contributed by atoms with Crippen LogP contribution >= 0.6 is 0 Å². The van der Waals surface area contributed by atoms with E-state index >= 15 is 0 Å². The lowest BCUT2D eigenvalue weighted by atomic mass is 10.3. The fourth-order valence-electron chi connectivity index (χ4n) is 1.12. The van der Waals surface area contributed by atoms with Gasteiger partial charge in [-0.1, -0.05) is 0 Å². The summed E-state index contributed by atoms with van der Waals surface area (Å²) in [4.78, 5) is -0.134. The Kier molecular flexibility index (Phi) is 4.22. The van der Waals surface area contributed by atoms with E-state index in [0.29, 0.717) is 0 Å². The zero-order valence-corrected chi connectivity index (χ0v) is 9.55. The van der Waals surface area contributed by atoms with Crippen LogP contribution in [0.1, 0.15) is 0 Å². The smallest absolute Gasteiger partial charge is 0.242 e. The van der Waals surface area contributed by atoms with E-state index in [1.54, 1.807) is 0 Å². The fourth-order valence-corrected chi connectivity index (χ4v) is 2.24. The largest absolute Gasteiger partial charge is 0.398 e. The second-order valence-electron chi connectivity index (χ2n) is 3.07. The third-order valence-corrected chi connectivity index (χ3v) is 3.39. The number of nitrogens with one attached hydrogen (secondary N) is 1. The van der Waals surface area contributed by atoms with E-state index in [1.807, 2.05) is 0 Å². The monoisotopic (exact) mass is 248 g/mol. The van der Waals surface area contributed by atoms with Crippen molar-refractivity contribution in [2.24, 2.45) is 0 Å². The zero-order valence-electron chi connectivity index (χ0n) is 8.73. The maximum atomic E-state index is 12.7. The van der Waals surface area contributed by atoms with Crippen molar-refractivity contribution in [3.8, 4) is 0 Å². The number of nitrogens with two attached hydrogens (primary N) is 1. The molecule has 1 aromatic carbocycles. The van der Waals surface area contributed by atoms with Crippen LogP contribution in [0.4, 0.5) is 10.1 Å². The van der Waals surface area contributed by atoms with Crippen molar-refractivity contribution in [3.63, 3.8) is 0 Å². The minimum Gasteiger partial charge on any atom is -0.398 e. The molecule has 0 unspecified atom stereocenters. The maximum absolute atomic E-state index is 12.7. The molecule has 5 nitrogen and oxygen atoms in total. The highest BCUT2D eigenvalue weighted by Gasteiger charge is 2.16. The van der Waals surface area contributed by atoms with Gasteiger partial charge in [-0.25, -0.2) is 17.5 Å². The SMILES string of the molecule is COCCNS(=O)(=O)c1ccc(F)cc1N. The molecular formula is C9H13FN2O3S. The van der Waals surface area contributed by atoms with E-state index in [2.05, 4.69) is 4.72 Å². The number of nitrogen functional groups attached to an aromatic ring is 1. The maximum Gasteiger partial charge on any atom is 0.242 e. The van der Waals surface area contributed by atoms with Crippen LogP contribution in [0.15, 0.2) is 23.1 Å². The minimum atomic E-state index is -3.70. The van der Waals surface area contributed by atoms with Gasteiger partial charge in [0.15, 0.2) is 0 Å². The molecule has 0 aliphatic heterocycles. The van der Waals surface area contributed by atoms with Gasteiger partial charge in [-0.15, -0.1) is 0 Å². The molecule has 0 bridgehead atoms. The first-order valence-corrected chi connectivity index (χ1v) is 5.99.